The topological polar surface area (TPSA) is 63.3 Å². The van der Waals surface area contributed by atoms with E-state index in [0.29, 0.717) is 16.3 Å². The van der Waals surface area contributed by atoms with Gasteiger partial charge >= 0.3 is 5.97 Å². The molecule has 0 bridgehead atoms. The summed E-state index contributed by atoms with van der Waals surface area (Å²) < 4.78 is 5.37. The summed E-state index contributed by atoms with van der Waals surface area (Å²) in [6, 6.07) is 11.6. The summed E-state index contributed by atoms with van der Waals surface area (Å²) in [5.41, 5.74) is 2.75. The van der Waals surface area contributed by atoms with Crippen molar-refractivity contribution in [1.82, 2.24) is 4.98 Å². The minimum Gasteiger partial charge on any atom is -0.481 e. The molecule has 0 aliphatic heterocycles. The molecule has 0 aliphatic carbocycles. The predicted octanol–water partition coefficient (Wildman–Crippen LogP) is 4.01. The van der Waals surface area contributed by atoms with Crippen molar-refractivity contribution in [2.75, 3.05) is 0 Å². The number of carboxylic acid groups (broad SMARTS) is 1. The molecule has 2 aromatic heterocycles. The molecule has 0 atom stereocenters. The number of nitrogens with zero attached hydrogens (tertiary/aromatic N) is 1. The van der Waals surface area contributed by atoms with E-state index in [1.54, 1.807) is 18.4 Å². The molecule has 0 amide bonds. The van der Waals surface area contributed by atoms with E-state index in [-0.39, 0.29) is 6.42 Å². The molecule has 5 heteroatoms. The Kier molecular flexibility index (Phi) is 3.58. The van der Waals surface area contributed by atoms with Crippen molar-refractivity contribution in [3.63, 3.8) is 0 Å². The molecule has 21 heavy (non-hydrogen) atoms. The van der Waals surface area contributed by atoms with Crippen LogP contribution in [0.5, 0.6) is 0 Å². The number of aryl methyl sites for hydroxylation is 1. The molecule has 106 valence electrons. The van der Waals surface area contributed by atoms with E-state index in [1.165, 1.54) is 11.3 Å². The fourth-order valence-corrected chi connectivity index (χ4v) is 3.17. The molecule has 0 aliphatic rings. The van der Waals surface area contributed by atoms with E-state index < -0.39 is 5.97 Å². The molecule has 0 saturated heterocycles. The molecule has 0 unspecified atom stereocenters. The first kappa shape index (κ1) is 13.6. The summed E-state index contributed by atoms with van der Waals surface area (Å²) in [5.74, 6) is -0.274. The van der Waals surface area contributed by atoms with Gasteiger partial charge in [-0.2, -0.15) is 0 Å². The van der Waals surface area contributed by atoms with Crippen LogP contribution in [0.25, 0.3) is 22.0 Å². The van der Waals surface area contributed by atoms with E-state index >= 15 is 0 Å². The van der Waals surface area contributed by atoms with Crippen LogP contribution in [0.15, 0.2) is 47.1 Å². The van der Waals surface area contributed by atoms with Gasteiger partial charge in [-0.05, 0) is 25.1 Å². The summed E-state index contributed by atoms with van der Waals surface area (Å²) in [6.45, 7) is 2.02. The van der Waals surface area contributed by atoms with E-state index in [1.807, 2.05) is 31.2 Å². The molecule has 2 heterocycles. The Labute approximate surface area is 125 Å². The summed E-state index contributed by atoms with van der Waals surface area (Å²) in [5, 5.41) is 9.87. The van der Waals surface area contributed by atoms with Crippen LogP contribution in [0, 0.1) is 6.92 Å². The van der Waals surface area contributed by atoms with E-state index in [0.717, 1.165) is 16.1 Å². The minimum atomic E-state index is -0.873. The predicted molar refractivity (Wildman–Crippen MR) is 81.3 cm³/mol. The molecule has 1 N–H and O–H groups in total. The molecule has 1 aromatic carbocycles. The monoisotopic (exact) mass is 299 g/mol. The van der Waals surface area contributed by atoms with Gasteiger partial charge in [0.25, 0.3) is 0 Å². The summed E-state index contributed by atoms with van der Waals surface area (Å²) in [7, 11) is 0. The third-order valence-electron chi connectivity index (χ3n) is 3.03. The van der Waals surface area contributed by atoms with Gasteiger partial charge in [-0.15, -0.1) is 11.3 Å². The molecule has 4 nitrogen and oxygen atoms in total. The average Bonchev–Trinajstić information content (AvgIpc) is 3.06. The van der Waals surface area contributed by atoms with Crippen LogP contribution in [0.2, 0.25) is 0 Å². The van der Waals surface area contributed by atoms with Crippen LogP contribution in [0.4, 0.5) is 0 Å². The quantitative estimate of drug-likeness (QED) is 0.790. The normalized spacial score (nSPS) is 10.7. The van der Waals surface area contributed by atoms with Crippen LogP contribution in [-0.4, -0.2) is 16.1 Å². The zero-order valence-electron chi connectivity index (χ0n) is 11.4. The number of aromatic nitrogens is 1. The SMILES string of the molecule is Cc1cccc(-c2nc(-c3ccco3)c(CC(=O)O)s2)c1. The van der Waals surface area contributed by atoms with E-state index in [2.05, 4.69) is 4.98 Å². The Morgan fingerprint density at radius 1 is 1.33 bits per heavy atom. The number of benzene rings is 1. The van der Waals surface area contributed by atoms with Gasteiger partial charge in [0.1, 0.15) is 10.7 Å². The molecule has 0 radical (unpaired) electrons. The zero-order chi connectivity index (χ0) is 14.8. The molecule has 0 spiro atoms. The van der Waals surface area contributed by atoms with Crippen molar-refractivity contribution in [2.45, 2.75) is 13.3 Å². The van der Waals surface area contributed by atoms with Crippen LogP contribution in [-0.2, 0) is 11.2 Å². The molecule has 0 fully saturated rings. The largest absolute Gasteiger partial charge is 0.481 e. The number of carbonyl (C=O) groups is 1. The zero-order valence-corrected chi connectivity index (χ0v) is 12.2. The van der Waals surface area contributed by atoms with E-state index in [4.69, 9.17) is 9.52 Å². The lowest BCUT2D eigenvalue weighted by molar-refractivity contribution is -0.136. The van der Waals surface area contributed by atoms with Gasteiger partial charge in [0.15, 0.2) is 5.76 Å². The first-order valence-corrected chi connectivity index (χ1v) is 7.27. The lowest BCUT2D eigenvalue weighted by Crippen LogP contribution is -1.99. The standard InChI is InChI=1S/C16H13NO3S/c1-10-4-2-5-11(8-10)16-17-15(12-6-3-7-20-12)13(21-16)9-14(18)19/h2-8H,9H2,1H3,(H,18,19). The number of hydrogen-bond acceptors (Lipinski definition) is 4. The second-order valence-electron chi connectivity index (χ2n) is 4.71. The summed E-state index contributed by atoms with van der Waals surface area (Å²) in [6.07, 6.45) is 1.51. The smallest absolute Gasteiger partial charge is 0.308 e. The van der Waals surface area contributed by atoms with Gasteiger partial charge in [0.2, 0.25) is 0 Å². The highest BCUT2D eigenvalue weighted by molar-refractivity contribution is 7.15. The van der Waals surface area contributed by atoms with Crippen molar-refractivity contribution in [3.8, 4) is 22.0 Å². The highest BCUT2D eigenvalue weighted by Crippen LogP contribution is 2.34. The number of carboxylic acids is 1. The van der Waals surface area contributed by atoms with Crippen molar-refractivity contribution < 1.29 is 14.3 Å². The molecular formula is C16H13NO3S. The molecule has 0 saturated carbocycles. The fourth-order valence-electron chi connectivity index (χ4n) is 2.12. The highest BCUT2D eigenvalue weighted by atomic mass is 32.1. The first-order valence-electron chi connectivity index (χ1n) is 6.46. The lowest BCUT2D eigenvalue weighted by Gasteiger charge is -1.97. The van der Waals surface area contributed by atoms with Crippen LogP contribution >= 0.6 is 11.3 Å². The number of hydrogen-bond donors (Lipinski definition) is 1. The van der Waals surface area contributed by atoms with Crippen molar-refractivity contribution >= 4 is 17.3 Å². The third kappa shape index (κ3) is 2.87. The van der Waals surface area contributed by atoms with Gasteiger partial charge in [-0.1, -0.05) is 23.8 Å². The Morgan fingerprint density at radius 3 is 2.86 bits per heavy atom. The van der Waals surface area contributed by atoms with E-state index in [9.17, 15) is 4.79 Å². The van der Waals surface area contributed by atoms with Gasteiger partial charge in [-0.25, -0.2) is 4.98 Å². The van der Waals surface area contributed by atoms with Crippen molar-refractivity contribution in [1.29, 1.82) is 0 Å². The van der Waals surface area contributed by atoms with Crippen LogP contribution < -0.4 is 0 Å². The highest BCUT2D eigenvalue weighted by Gasteiger charge is 2.18. The molecular weight excluding hydrogens is 286 g/mol. The fraction of sp³-hybridized carbons (Fsp3) is 0.125. The van der Waals surface area contributed by atoms with Crippen molar-refractivity contribution in [3.05, 3.63) is 53.1 Å². The first-order chi connectivity index (χ1) is 10.1. The summed E-state index contributed by atoms with van der Waals surface area (Å²) >= 11 is 1.40. The van der Waals surface area contributed by atoms with Gasteiger partial charge < -0.3 is 9.52 Å². The van der Waals surface area contributed by atoms with Crippen LogP contribution in [0.3, 0.4) is 0 Å². The van der Waals surface area contributed by atoms with Gasteiger partial charge in [-0.3, -0.25) is 4.79 Å². The molecule has 3 aromatic rings. The average molecular weight is 299 g/mol. The van der Waals surface area contributed by atoms with Gasteiger partial charge in [0, 0.05) is 10.4 Å². The lowest BCUT2D eigenvalue weighted by atomic mass is 10.1. The minimum absolute atomic E-state index is 0.0560. The van der Waals surface area contributed by atoms with Crippen molar-refractivity contribution in [2.24, 2.45) is 0 Å². The Morgan fingerprint density at radius 2 is 2.19 bits per heavy atom. The second-order valence-corrected chi connectivity index (χ2v) is 5.79. The Balaban J connectivity index is 2.09. The van der Waals surface area contributed by atoms with Crippen LogP contribution in [0.1, 0.15) is 10.4 Å². The number of aliphatic carboxylic acids is 1. The second kappa shape index (κ2) is 5.54. The van der Waals surface area contributed by atoms with Gasteiger partial charge in [0.05, 0.1) is 12.7 Å². The Bertz CT molecular complexity index is 775. The number of furan rings is 1. The third-order valence-corrected chi connectivity index (χ3v) is 4.13. The maximum atomic E-state index is 11.0. The number of thiazole rings is 1. The maximum Gasteiger partial charge on any atom is 0.308 e. The molecule has 3 rings (SSSR count). The Hall–Kier alpha value is -2.40. The number of rotatable bonds is 4. The maximum absolute atomic E-state index is 11.0. The summed E-state index contributed by atoms with van der Waals surface area (Å²) in [4.78, 5) is 16.3.